The van der Waals surface area contributed by atoms with Crippen LogP contribution in [0.2, 0.25) is 10.2 Å². The molecule has 3 aromatic rings. The summed E-state index contributed by atoms with van der Waals surface area (Å²) in [6.07, 6.45) is 2.89. The number of carbonyl (C=O) groups is 1. The van der Waals surface area contributed by atoms with E-state index in [9.17, 15) is 4.79 Å². The Morgan fingerprint density at radius 3 is 2.51 bits per heavy atom. The van der Waals surface area contributed by atoms with Crippen molar-refractivity contribution >= 4 is 46.8 Å². The number of esters is 1. The Hall–Kier alpha value is -3.19. The third kappa shape index (κ3) is 6.20. The highest BCUT2D eigenvalue weighted by Crippen LogP contribution is 2.34. The van der Waals surface area contributed by atoms with Gasteiger partial charge in [-0.3, -0.25) is 9.80 Å². The first-order chi connectivity index (χ1) is 19.8. The quantitative estimate of drug-likeness (QED) is 0.362. The second kappa shape index (κ2) is 12.8. The zero-order chi connectivity index (χ0) is 29.1. The summed E-state index contributed by atoms with van der Waals surface area (Å²) in [5.41, 5.74) is 7.40. The molecule has 12 nitrogen and oxygen atoms in total. The van der Waals surface area contributed by atoms with Gasteiger partial charge in [0.1, 0.15) is 6.04 Å². The van der Waals surface area contributed by atoms with Gasteiger partial charge in [0, 0.05) is 56.9 Å². The zero-order valence-electron chi connectivity index (χ0n) is 23.4. The number of hydrogen-bond donors (Lipinski definition) is 2. The van der Waals surface area contributed by atoms with Gasteiger partial charge in [-0.2, -0.15) is 0 Å². The van der Waals surface area contributed by atoms with E-state index in [0.29, 0.717) is 22.9 Å². The fourth-order valence-electron chi connectivity index (χ4n) is 5.83. The molecule has 14 heteroatoms. The number of nitrogens with zero attached hydrogens (tertiary/aromatic N) is 7. The molecular formula is C27H35Cl2N9O3. The number of piperazine rings is 1. The summed E-state index contributed by atoms with van der Waals surface area (Å²) in [5.74, 6) is 0.633. The zero-order valence-corrected chi connectivity index (χ0v) is 24.9. The van der Waals surface area contributed by atoms with Crippen LogP contribution in [0.25, 0.3) is 11.6 Å². The van der Waals surface area contributed by atoms with E-state index in [-0.39, 0.29) is 34.5 Å². The lowest BCUT2D eigenvalue weighted by atomic mass is 9.95. The number of rotatable bonds is 8. The number of methoxy groups -OCH3 is 1. The smallest absolute Gasteiger partial charge is 0.327 e. The van der Waals surface area contributed by atoms with Crippen molar-refractivity contribution in [3.05, 3.63) is 40.0 Å². The molecule has 41 heavy (non-hydrogen) atoms. The number of ether oxygens (including phenoxy) is 1. The van der Waals surface area contributed by atoms with Gasteiger partial charge in [0.15, 0.2) is 22.5 Å². The first-order valence-corrected chi connectivity index (χ1v) is 14.5. The number of aromatic nitrogens is 4. The van der Waals surface area contributed by atoms with Crippen molar-refractivity contribution in [3.8, 4) is 11.6 Å². The monoisotopic (exact) mass is 603 g/mol. The van der Waals surface area contributed by atoms with Crippen molar-refractivity contribution in [2.45, 2.75) is 44.3 Å². The van der Waals surface area contributed by atoms with E-state index in [0.717, 1.165) is 57.5 Å². The van der Waals surface area contributed by atoms with Gasteiger partial charge in [0.05, 0.1) is 7.11 Å². The van der Waals surface area contributed by atoms with Crippen LogP contribution in [0.15, 0.2) is 28.7 Å². The molecule has 2 aliphatic rings. The van der Waals surface area contributed by atoms with Crippen LogP contribution in [0.4, 0.5) is 17.7 Å². The molecule has 220 valence electrons. The lowest BCUT2D eigenvalue weighted by molar-refractivity contribution is -0.148. The van der Waals surface area contributed by atoms with Crippen molar-refractivity contribution in [2.24, 2.45) is 0 Å². The Morgan fingerprint density at radius 1 is 1.15 bits per heavy atom. The standard InChI is InChI=1S/C27H35Cl2N9O3/c1-4-18-15-37(24-22(29)32-20(23(30)33-24)25-34-35-27(31-2)41-25)13-14-38(18)19-9-11-36(12-10-19)21(26(39)40-3)16-5-7-17(28)8-6-16/h5-8,18-19,21H,4,9-15H2,1-3H3,(H2,30,33)(H,31,35)/t18-,21?/m0/s1. The topological polar surface area (TPSA) is 139 Å². The van der Waals surface area contributed by atoms with Gasteiger partial charge in [0.2, 0.25) is 0 Å². The van der Waals surface area contributed by atoms with Gasteiger partial charge in [-0.1, -0.05) is 47.4 Å². The van der Waals surface area contributed by atoms with E-state index in [1.807, 2.05) is 24.3 Å². The van der Waals surface area contributed by atoms with E-state index in [4.69, 9.17) is 38.1 Å². The van der Waals surface area contributed by atoms with Gasteiger partial charge >= 0.3 is 12.0 Å². The molecule has 2 aliphatic heterocycles. The van der Waals surface area contributed by atoms with Crippen molar-refractivity contribution in [2.75, 3.05) is 62.8 Å². The fraction of sp³-hybridized carbons (Fsp3) is 0.519. The molecule has 2 atom stereocenters. The summed E-state index contributed by atoms with van der Waals surface area (Å²) in [6, 6.07) is 7.95. The summed E-state index contributed by atoms with van der Waals surface area (Å²) in [7, 11) is 3.11. The van der Waals surface area contributed by atoms with Crippen LogP contribution < -0.4 is 16.0 Å². The first kappa shape index (κ1) is 29.3. The maximum Gasteiger partial charge on any atom is 0.327 e. The van der Waals surface area contributed by atoms with E-state index >= 15 is 0 Å². The first-order valence-electron chi connectivity index (χ1n) is 13.8. The van der Waals surface area contributed by atoms with Gasteiger partial charge in [-0.15, -0.1) is 5.10 Å². The number of anilines is 3. The number of piperidine rings is 1. The third-order valence-corrected chi connectivity index (χ3v) is 8.45. The van der Waals surface area contributed by atoms with Crippen LogP contribution in [0, 0.1) is 0 Å². The predicted molar refractivity (Wildman–Crippen MR) is 158 cm³/mol. The minimum Gasteiger partial charge on any atom is -0.468 e. The number of hydrogen-bond acceptors (Lipinski definition) is 12. The number of nitrogens with two attached hydrogens (primary N) is 1. The number of nitrogen functional groups attached to an aromatic ring is 1. The lowest BCUT2D eigenvalue weighted by Gasteiger charge is -2.48. The summed E-state index contributed by atoms with van der Waals surface area (Å²) >= 11 is 12.7. The summed E-state index contributed by atoms with van der Waals surface area (Å²) in [6.45, 7) is 6.14. The molecule has 0 saturated carbocycles. The van der Waals surface area contributed by atoms with Crippen LogP contribution in [0.1, 0.15) is 37.8 Å². The van der Waals surface area contributed by atoms with Gasteiger partial charge in [-0.05, 0) is 37.0 Å². The summed E-state index contributed by atoms with van der Waals surface area (Å²) in [5, 5.41) is 11.5. The van der Waals surface area contributed by atoms with Crippen LogP contribution in [-0.4, -0.2) is 94.9 Å². The van der Waals surface area contributed by atoms with E-state index in [1.165, 1.54) is 7.11 Å². The molecule has 4 heterocycles. The molecule has 1 unspecified atom stereocenters. The lowest BCUT2D eigenvalue weighted by Crippen LogP contribution is -2.59. The highest BCUT2D eigenvalue weighted by molar-refractivity contribution is 6.32. The SMILES string of the molecule is CC[C@H]1CN(c2nc(N)c(-c3nnc(NC)o3)nc2Cl)CCN1C1CCN(C(C(=O)OC)c2ccc(Cl)cc2)CC1. The van der Waals surface area contributed by atoms with Gasteiger partial charge in [-0.25, -0.2) is 14.8 Å². The maximum atomic E-state index is 12.8. The Labute approximate surface area is 249 Å². The number of halogens is 2. The van der Waals surface area contributed by atoms with E-state index in [1.54, 1.807) is 7.05 Å². The van der Waals surface area contributed by atoms with Crippen LogP contribution in [0.3, 0.4) is 0 Å². The average Bonchev–Trinajstić information content (AvgIpc) is 3.48. The van der Waals surface area contributed by atoms with Crippen LogP contribution in [0.5, 0.6) is 0 Å². The van der Waals surface area contributed by atoms with Crippen molar-refractivity contribution < 1.29 is 13.9 Å². The Morgan fingerprint density at radius 2 is 1.88 bits per heavy atom. The Kier molecular flexibility index (Phi) is 9.12. The largest absolute Gasteiger partial charge is 0.468 e. The highest BCUT2D eigenvalue weighted by Gasteiger charge is 2.37. The van der Waals surface area contributed by atoms with Crippen molar-refractivity contribution in [1.29, 1.82) is 0 Å². The molecule has 0 spiro atoms. The molecule has 1 aromatic carbocycles. The molecule has 2 saturated heterocycles. The minimum absolute atomic E-state index is 0.154. The maximum absolute atomic E-state index is 12.8. The normalized spacial score (nSPS) is 19.7. The Balaban J connectivity index is 1.25. The molecule has 0 radical (unpaired) electrons. The average molecular weight is 605 g/mol. The molecule has 3 N–H and O–H groups in total. The second-order valence-electron chi connectivity index (χ2n) is 10.2. The Bertz CT molecular complexity index is 1350. The van der Waals surface area contributed by atoms with E-state index < -0.39 is 6.04 Å². The summed E-state index contributed by atoms with van der Waals surface area (Å²) in [4.78, 5) is 28.8. The predicted octanol–water partition coefficient (Wildman–Crippen LogP) is 3.74. The van der Waals surface area contributed by atoms with Crippen molar-refractivity contribution in [3.63, 3.8) is 0 Å². The van der Waals surface area contributed by atoms with Gasteiger partial charge < -0.3 is 25.1 Å². The number of carbonyl (C=O) groups excluding carboxylic acids is 1. The number of benzene rings is 1. The molecule has 2 aromatic heterocycles. The molecule has 0 amide bonds. The summed E-state index contributed by atoms with van der Waals surface area (Å²) < 4.78 is 10.7. The van der Waals surface area contributed by atoms with Crippen LogP contribution in [-0.2, 0) is 9.53 Å². The van der Waals surface area contributed by atoms with E-state index in [2.05, 4.69) is 47.1 Å². The van der Waals surface area contributed by atoms with Crippen LogP contribution >= 0.6 is 23.2 Å². The van der Waals surface area contributed by atoms with Gasteiger partial charge in [0.25, 0.3) is 5.89 Å². The molecular weight excluding hydrogens is 569 g/mol. The highest BCUT2D eigenvalue weighted by atomic mass is 35.5. The molecule has 5 rings (SSSR count). The third-order valence-electron chi connectivity index (χ3n) is 7.95. The molecule has 0 aliphatic carbocycles. The molecule has 2 fully saturated rings. The molecule has 0 bridgehead atoms. The van der Waals surface area contributed by atoms with Crippen molar-refractivity contribution in [1.82, 2.24) is 30.0 Å². The minimum atomic E-state index is -0.442. The number of nitrogens with one attached hydrogen (secondary N) is 1. The number of likely N-dealkylation sites (tertiary alicyclic amines) is 1. The fourth-order valence-corrected chi connectivity index (χ4v) is 6.20. The second-order valence-corrected chi connectivity index (χ2v) is 11.0.